The maximum absolute atomic E-state index is 6.27. The molecule has 0 aliphatic heterocycles. The normalized spacial score (nSPS) is 12.7. The van der Waals surface area contributed by atoms with Gasteiger partial charge in [0.25, 0.3) is 0 Å². The number of nitrogens with two attached hydrogens (primary N) is 1. The minimum absolute atomic E-state index is 0.0179. The van der Waals surface area contributed by atoms with Gasteiger partial charge in [0.05, 0.1) is 22.5 Å². The van der Waals surface area contributed by atoms with Crippen LogP contribution in [0.25, 0.3) is 0 Å². The number of hydrogen-bond acceptors (Lipinski definition) is 3. The average molecular weight is 391 g/mol. The van der Waals surface area contributed by atoms with Crippen molar-refractivity contribution in [2.24, 2.45) is 12.9 Å². The Hall–Kier alpha value is -0.630. The molecular weight excluding hydrogens is 375 g/mol. The number of hydrazine groups is 1. The highest BCUT2D eigenvalue weighted by Crippen LogP contribution is 2.25. The minimum atomic E-state index is 0.0179. The zero-order valence-electron chi connectivity index (χ0n) is 10.8. The van der Waals surface area contributed by atoms with Crippen LogP contribution in [-0.4, -0.2) is 9.78 Å². The van der Waals surface area contributed by atoms with Gasteiger partial charge in [-0.05, 0) is 47.2 Å². The van der Waals surface area contributed by atoms with Crippen LogP contribution in [0.3, 0.4) is 0 Å². The van der Waals surface area contributed by atoms with E-state index in [1.807, 2.05) is 18.7 Å². The first-order chi connectivity index (χ1) is 9.02. The van der Waals surface area contributed by atoms with Gasteiger partial charge < -0.3 is 0 Å². The molecule has 6 heteroatoms. The molecule has 0 fully saturated rings. The summed E-state index contributed by atoms with van der Waals surface area (Å²) in [6.45, 7) is 1.90. The Morgan fingerprint density at radius 2 is 2.05 bits per heavy atom. The lowest BCUT2D eigenvalue weighted by atomic mass is 10.0. The Kier molecular flexibility index (Phi) is 4.83. The lowest BCUT2D eigenvalue weighted by Gasteiger charge is -2.17. The Labute approximate surface area is 131 Å². The standard InChI is InChI=1S/C13H16ClIN4/c1-8-13(14)12(19(2)18-8)7-11(17-16)9-3-5-10(15)6-4-9/h3-6,11,17H,7,16H2,1-2H3. The lowest BCUT2D eigenvalue weighted by molar-refractivity contribution is 0.530. The van der Waals surface area contributed by atoms with Crippen LogP contribution in [0.4, 0.5) is 0 Å². The summed E-state index contributed by atoms with van der Waals surface area (Å²) in [5.74, 6) is 5.67. The first kappa shape index (κ1) is 14.8. The molecule has 0 spiro atoms. The Morgan fingerprint density at radius 1 is 1.42 bits per heavy atom. The summed E-state index contributed by atoms with van der Waals surface area (Å²) >= 11 is 8.56. The fraction of sp³-hybridized carbons (Fsp3) is 0.308. The predicted molar refractivity (Wildman–Crippen MR) is 85.9 cm³/mol. The summed E-state index contributed by atoms with van der Waals surface area (Å²) in [5, 5.41) is 5.04. The highest BCUT2D eigenvalue weighted by molar-refractivity contribution is 14.1. The van der Waals surface area contributed by atoms with Gasteiger partial charge in [-0.2, -0.15) is 5.10 Å². The van der Waals surface area contributed by atoms with Crippen molar-refractivity contribution in [2.45, 2.75) is 19.4 Å². The molecule has 0 amide bonds. The third-order valence-corrected chi connectivity index (χ3v) is 4.34. The number of nitrogens with one attached hydrogen (secondary N) is 1. The molecule has 1 aromatic carbocycles. The third-order valence-electron chi connectivity index (χ3n) is 3.13. The molecule has 0 saturated carbocycles. The number of benzene rings is 1. The van der Waals surface area contributed by atoms with Crippen LogP contribution in [0.5, 0.6) is 0 Å². The third kappa shape index (κ3) is 3.28. The van der Waals surface area contributed by atoms with Crippen LogP contribution < -0.4 is 11.3 Å². The molecule has 1 atom stereocenters. The zero-order valence-corrected chi connectivity index (χ0v) is 13.7. The molecule has 19 heavy (non-hydrogen) atoms. The van der Waals surface area contributed by atoms with Gasteiger partial charge in [0.2, 0.25) is 0 Å². The number of halogens is 2. The first-order valence-corrected chi connectivity index (χ1v) is 7.38. The molecule has 102 valence electrons. The van der Waals surface area contributed by atoms with Crippen molar-refractivity contribution in [1.82, 2.24) is 15.2 Å². The Morgan fingerprint density at radius 3 is 2.53 bits per heavy atom. The molecule has 1 unspecified atom stereocenters. The molecule has 0 saturated heterocycles. The number of nitrogens with zero attached hydrogens (tertiary/aromatic N) is 2. The fourth-order valence-electron chi connectivity index (χ4n) is 2.06. The molecule has 0 aliphatic rings. The van der Waals surface area contributed by atoms with Gasteiger partial charge in [0.15, 0.2) is 0 Å². The van der Waals surface area contributed by atoms with Crippen LogP contribution in [0.15, 0.2) is 24.3 Å². The van der Waals surface area contributed by atoms with Gasteiger partial charge in [-0.15, -0.1) is 0 Å². The maximum atomic E-state index is 6.27. The summed E-state index contributed by atoms with van der Waals surface area (Å²) in [6.07, 6.45) is 0.702. The van der Waals surface area contributed by atoms with Crippen LogP contribution in [0.1, 0.15) is 23.0 Å². The van der Waals surface area contributed by atoms with E-state index in [0.717, 1.165) is 17.0 Å². The zero-order chi connectivity index (χ0) is 14.0. The van der Waals surface area contributed by atoms with E-state index < -0.39 is 0 Å². The van der Waals surface area contributed by atoms with Crippen molar-refractivity contribution in [3.05, 3.63) is 49.8 Å². The van der Waals surface area contributed by atoms with Crippen LogP contribution in [-0.2, 0) is 13.5 Å². The van der Waals surface area contributed by atoms with E-state index >= 15 is 0 Å². The molecule has 1 heterocycles. The highest BCUT2D eigenvalue weighted by atomic mass is 127. The smallest absolute Gasteiger partial charge is 0.0847 e. The average Bonchev–Trinajstić information content (AvgIpc) is 2.63. The van der Waals surface area contributed by atoms with Crippen LogP contribution >= 0.6 is 34.2 Å². The molecule has 1 aromatic heterocycles. The van der Waals surface area contributed by atoms with Gasteiger partial charge in [-0.3, -0.25) is 16.0 Å². The molecule has 3 N–H and O–H groups in total. The number of hydrogen-bond donors (Lipinski definition) is 2. The number of aromatic nitrogens is 2. The van der Waals surface area contributed by atoms with E-state index in [1.165, 1.54) is 3.57 Å². The van der Waals surface area contributed by atoms with E-state index in [2.05, 4.69) is 57.4 Å². The molecule has 0 radical (unpaired) electrons. The summed E-state index contributed by atoms with van der Waals surface area (Å²) in [6, 6.07) is 8.30. The predicted octanol–water partition coefficient (Wildman–Crippen LogP) is 2.73. The van der Waals surface area contributed by atoms with Crippen molar-refractivity contribution in [3.63, 3.8) is 0 Å². The second kappa shape index (κ2) is 6.21. The first-order valence-electron chi connectivity index (χ1n) is 5.92. The number of aryl methyl sites for hydroxylation is 2. The highest BCUT2D eigenvalue weighted by Gasteiger charge is 2.17. The van der Waals surface area contributed by atoms with E-state index in [0.29, 0.717) is 11.4 Å². The topological polar surface area (TPSA) is 55.9 Å². The minimum Gasteiger partial charge on any atom is -0.271 e. The fourth-order valence-corrected chi connectivity index (χ4v) is 2.66. The van der Waals surface area contributed by atoms with Crippen LogP contribution in [0.2, 0.25) is 5.02 Å². The van der Waals surface area contributed by atoms with Crippen molar-refractivity contribution < 1.29 is 0 Å². The molecule has 2 rings (SSSR count). The van der Waals surface area contributed by atoms with Crippen molar-refractivity contribution in [2.75, 3.05) is 0 Å². The van der Waals surface area contributed by atoms with Gasteiger partial charge >= 0.3 is 0 Å². The van der Waals surface area contributed by atoms with Gasteiger partial charge in [0, 0.05) is 17.0 Å². The van der Waals surface area contributed by atoms with Gasteiger partial charge in [-0.25, -0.2) is 0 Å². The monoisotopic (exact) mass is 390 g/mol. The Bertz CT molecular complexity index is 565. The summed E-state index contributed by atoms with van der Waals surface area (Å²) < 4.78 is 3.01. The van der Waals surface area contributed by atoms with Crippen molar-refractivity contribution in [3.8, 4) is 0 Å². The van der Waals surface area contributed by atoms with Crippen molar-refractivity contribution >= 4 is 34.2 Å². The molecule has 2 aromatic rings. The quantitative estimate of drug-likeness (QED) is 0.479. The second-order valence-corrected chi connectivity index (χ2v) is 6.07. The van der Waals surface area contributed by atoms with Crippen molar-refractivity contribution in [1.29, 1.82) is 0 Å². The summed E-state index contributed by atoms with van der Waals surface area (Å²) in [4.78, 5) is 0. The van der Waals surface area contributed by atoms with E-state index in [-0.39, 0.29) is 6.04 Å². The molecule has 0 bridgehead atoms. The second-order valence-electron chi connectivity index (χ2n) is 4.44. The van der Waals surface area contributed by atoms with Crippen LogP contribution in [0, 0.1) is 10.5 Å². The molecule has 4 nitrogen and oxygen atoms in total. The summed E-state index contributed by atoms with van der Waals surface area (Å²) in [5.41, 5.74) is 5.82. The van der Waals surface area contributed by atoms with E-state index in [1.54, 1.807) is 0 Å². The molecular formula is C13H16ClIN4. The van der Waals surface area contributed by atoms with E-state index in [4.69, 9.17) is 17.4 Å². The lowest BCUT2D eigenvalue weighted by Crippen LogP contribution is -2.30. The SMILES string of the molecule is Cc1nn(C)c(CC(NN)c2ccc(I)cc2)c1Cl. The maximum Gasteiger partial charge on any atom is 0.0847 e. The largest absolute Gasteiger partial charge is 0.271 e. The van der Waals surface area contributed by atoms with Gasteiger partial charge in [-0.1, -0.05) is 23.7 Å². The number of rotatable bonds is 4. The van der Waals surface area contributed by atoms with E-state index in [9.17, 15) is 0 Å². The molecule has 0 aliphatic carbocycles. The van der Waals surface area contributed by atoms with Gasteiger partial charge in [0.1, 0.15) is 0 Å². The Balaban J connectivity index is 2.26. The summed E-state index contributed by atoms with van der Waals surface area (Å²) in [7, 11) is 1.90.